The lowest BCUT2D eigenvalue weighted by Gasteiger charge is -2.23. The van der Waals surface area contributed by atoms with E-state index in [1.165, 1.54) is 11.2 Å². The summed E-state index contributed by atoms with van der Waals surface area (Å²) in [6.45, 7) is 0.773. The van der Waals surface area contributed by atoms with E-state index >= 15 is 0 Å². The van der Waals surface area contributed by atoms with Gasteiger partial charge >= 0.3 is 0 Å². The molecule has 5 rings (SSSR count). The van der Waals surface area contributed by atoms with E-state index in [1.807, 2.05) is 0 Å². The minimum atomic E-state index is -0.822. The molecule has 0 saturated carbocycles. The van der Waals surface area contributed by atoms with Gasteiger partial charge < -0.3 is 19.2 Å². The van der Waals surface area contributed by atoms with E-state index in [4.69, 9.17) is 9.15 Å². The molecule has 0 aliphatic carbocycles. The third kappa shape index (κ3) is 2.95. The third-order valence-electron chi connectivity index (χ3n) is 5.42. The van der Waals surface area contributed by atoms with Crippen LogP contribution in [-0.2, 0) is 22.6 Å². The minimum Gasteiger partial charge on any atom is -0.507 e. The Labute approximate surface area is 172 Å². The molecular formula is C23H18N2O5. The van der Waals surface area contributed by atoms with Crippen molar-refractivity contribution in [3.05, 3.63) is 89.1 Å². The molecule has 1 saturated heterocycles. The van der Waals surface area contributed by atoms with Crippen molar-refractivity contribution >= 4 is 17.4 Å². The molecule has 4 heterocycles. The van der Waals surface area contributed by atoms with E-state index in [2.05, 4.69) is 4.98 Å². The second-order valence-electron chi connectivity index (χ2n) is 7.22. The summed E-state index contributed by atoms with van der Waals surface area (Å²) < 4.78 is 11.1. The van der Waals surface area contributed by atoms with E-state index < -0.39 is 17.7 Å². The predicted octanol–water partition coefficient (Wildman–Crippen LogP) is 3.23. The van der Waals surface area contributed by atoms with Gasteiger partial charge in [0.05, 0.1) is 18.4 Å². The maximum Gasteiger partial charge on any atom is 0.296 e. The molecule has 1 aromatic carbocycles. The fourth-order valence-corrected chi connectivity index (χ4v) is 3.96. The number of carbonyl (C=O) groups is 2. The van der Waals surface area contributed by atoms with Gasteiger partial charge in [-0.2, -0.15) is 0 Å². The van der Waals surface area contributed by atoms with Crippen LogP contribution in [0.25, 0.3) is 5.76 Å². The van der Waals surface area contributed by atoms with Crippen molar-refractivity contribution in [3.63, 3.8) is 0 Å². The zero-order chi connectivity index (χ0) is 20.7. The number of ether oxygens (including phenoxy) is 1. The van der Waals surface area contributed by atoms with E-state index in [0.717, 1.165) is 23.3 Å². The molecule has 30 heavy (non-hydrogen) atoms. The highest BCUT2D eigenvalue weighted by Gasteiger charge is 2.47. The lowest BCUT2D eigenvalue weighted by atomic mass is 9.98. The van der Waals surface area contributed by atoms with Crippen molar-refractivity contribution < 1.29 is 23.8 Å². The van der Waals surface area contributed by atoms with Crippen LogP contribution >= 0.6 is 0 Å². The van der Waals surface area contributed by atoms with Gasteiger partial charge in [-0.15, -0.1) is 0 Å². The molecule has 7 heteroatoms. The number of carbonyl (C=O) groups excluding carboxylic acids is 2. The molecule has 7 nitrogen and oxygen atoms in total. The van der Waals surface area contributed by atoms with Crippen molar-refractivity contribution in [2.75, 3.05) is 6.61 Å². The number of amides is 1. The van der Waals surface area contributed by atoms with E-state index in [9.17, 15) is 14.7 Å². The Morgan fingerprint density at radius 1 is 1.17 bits per heavy atom. The molecule has 3 aromatic rings. The number of rotatable bonds is 4. The number of aromatic nitrogens is 1. The predicted molar refractivity (Wildman–Crippen MR) is 106 cm³/mol. The van der Waals surface area contributed by atoms with Gasteiger partial charge in [0.2, 0.25) is 0 Å². The number of ketones is 1. The number of furan rings is 1. The molecule has 0 spiro atoms. The number of aliphatic hydroxyl groups excluding tert-OH is 1. The molecule has 150 valence electrons. The molecule has 1 amide bonds. The Bertz CT molecular complexity index is 1150. The topological polar surface area (TPSA) is 92.9 Å². The molecule has 0 radical (unpaired) electrons. The standard InChI is InChI=1S/C23H18N2O5/c26-21(16-3-4-17-15(12-16)7-11-30-17)19-20(18-2-1-10-29-18)25(23(28)22(19)27)13-14-5-8-24-9-6-14/h1-6,8-10,12,20,26H,7,11,13H2/b21-19-. The van der Waals surface area contributed by atoms with Gasteiger partial charge in [-0.05, 0) is 53.6 Å². The smallest absolute Gasteiger partial charge is 0.296 e. The SMILES string of the molecule is O=C1C(=O)N(Cc2ccncc2)C(c2ccco2)/C1=C(/O)c1ccc2c(c1)CCO2. The maximum atomic E-state index is 13.0. The molecule has 2 aliphatic heterocycles. The number of likely N-dealkylation sites (tertiary alicyclic amines) is 1. The van der Waals surface area contributed by atoms with Crippen LogP contribution in [0.3, 0.4) is 0 Å². The molecule has 2 aliphatic rings. The van der Waals surface area contributed by atoms with Crippen molar-refractivity contribution in [2.24, 2.45) is 0 Å². The quantitative estimate of drug-likeness (QED) is 0.409. The van der Waals surface area contributed by atoms with E-state index in [1.54, 1.807) is 54.9 Å². The van der Waals surface area contributed by atoms with Crippen molar-refractivity contribution in [2.45, 2.75) is 19.0 Å². The molecule has 0 bridgehead atoms. The Kier molecular flexibility index (Phi) is 4.35. The van der Waals surface area contributed by atoms with Crippen molar-refractivity contribution in [1.29, 1.82) is 0 Å². The van der Waals surface area contributed by atoms with E-state index in [-0.39, 0.29) is 17.9 Å². The zero-order valence-corrected chi connectivity index (χ0v) is 15.9. The molecular weight excluding hydrogens is 384 g/mol. The maximum absolute atomic E-state index is 13.0. The normalized spacial score (nSPS) is 19.7. The van der Waals surface area contributed by atoms with Gasteiger partial charge in [-0.25, -0.2) is 0 Å². The lowest BCUT2D eigenvalue weighted by Crippen LogP contribution is -2.29. The second kappa shape index (κ2) is 7.18. The molecule has 1 fully saturated rings. The summed E-state index contributed by atoms with van der Waals surface area (Å²) in [5, 5.41) is 11.1. The number of pyridine rings is 1. The average molecular weight is 402 g/mol. The van der Waals surface area contributed by atoms with Crippen LogP contribution in [0.2, 0.25) is 0 Å². The van der Waals surface area contributed by atoms with Gasteiger partial charge in [0.15, 0.2) is 0 Å². The number of hydrogen-bond donors (Lipinski definition) is 1. The second-order valence-corrected chi connectivity index (χ2v) is 7.22. The first kappa shape index (κ1) is 18.2. The highest BCUT2D eigenvalue weighted by atomic mass is 16.5. The monoisotopic (exact) mass is 402 g/mol. The van der Waals surface area contributed by atoms with Crippen molar-refractivity contribution in [3.8, 4) is 5.75 Å². The van der Waals surface area contributed by atoms with Gasteiger partial charge in [-0.1, -0.05) is 0 Å². The van der Waals surface area contributed by atoms with Gasteiger partial charge in [0.25, 0.3) is 11.7 Å². The van der Waals surface area contributed by atoms with Crippen LogP contribution in [0.5, 0.6) is 5.75 Å². The van der Waals surface area contributed by atoms with E-state index in [0.29, 0.717) is 17.9 Å². The number of hydrogen-bond acceptors (Lipinski definition) is 6. The fourth-order valence-electron chi connectivity index (χ4n) is 3.96. The van der Waals surface area contributed by atoms with Crippen LogP contribution in [0, 0.1) is 0 Å². The lowest BCUT2D eigenvalue weighted by molar-refractivity contribution is -0.140. The molecule has 1 N–H and O–H groups in total. The van der Waals surface area contributed by atoms with Crippen LogP contribution < -0.4 is 4.74 Å². The first-order valence-corrected chi connectivity index (χ1v) is 9.60. The van der Waals surface area contributed by atoms with Crippen LogP contribution in [-0.4, -0.2) is 33.3 Å². The summed E-state index contributed by atoms with van der Waals surface area (Å²) >= 11 is 0. The van der Waals surface area contributed by atoms with Crippen molar-refractivity contribution in [1.82, 2.24) is 9.88 Å². The minimum absolute atomic E-state index is 0.0165. The first-order valence-electron chi connectivity index (χ1n) is 9.60. The molecule has 1 unspecified atom stereocenters. The highest BCUT2D eigenvalue weighted by Crippen LogP contribution is 2.41. The largest absolute Gasteiger partial charge is 0.507 e. The Morgan fingerprint density at radius 2 is 2.00 bits per heavy atom. The number of nitrogens with zero attached hydrogens (tertiary/aromatic N) is 2. The van der Waals surface area contributed by atoms with Crippen LogP contribution in [0.1, 0.15) is 28.5 Å². The summed E-state index contributed by atoms with van der Waals surface area (Å²) in [5.74, 6) is -0.456. The van der Waals surface area contributed by atoms with Crippen LogP contribution in [0.4, 0.5) is 0 Å². The number of fused-ring (bicyclic) bond motifs is 1. The summed E-state index contributed by atoms with van der Waals surface area (Å²) in [5.41, 5.74) is 2.26. The Balaban J connectivity index is 1.61. The highest BCUT2D eigenvalue weighted by molar-refractivity contribution is 6.46. The average Bonchev–Trinajstić information content (AvgIpc) is 3.50. The zero-order valence-electron chi connectivity index (χ0n) is 15.9. The summed E-state index contributed by atoms with van der Waals surface area (Å²) in [6.07, 6.45) is 5.46. The number of aliphatic hydroxyl groups is 1. The van der Waals surface area contributed by atoms with Gasteiger partial charge in [0.1, 0.15) is 23.3 Å². The summed E-state index contributed by atoms with van der Waals surface area (Å²) in [4.78, 5) is 31.3. The third-order valence-corrected chi connectivity index (χ3v) is 5.42. The number of Topliss-reactive ketones (excluding diaryl/α,β-unsaturated/α-hetero) is 1. The van der Waals surface area contributed by atoms with Gasteiger partial charge in [-0.3, -0.25) is 14.6 Å². The summed E-state index contributed by atoms with van der Waals surface area (Å²) in [6, 6.07) is 11.4. The molecule has 2 aromatic heterocycles. The van der Waals surface area contributed by atoms with Crippen LogP contribution in [0.15, 0.2) is 71.1 Å². The Morgan fingerprint density at radius 3 is 2.77 bits per heavy atom. The first-order chi connectivity index (χ1) is 14.6. The summed E-state index contributed by atoms with van der Waals surface area (Å²) in [7, 11) is 0. The molecule has 1 atom stereocenters. The fraction of sp³-hybridized carbons (Fsp3) is 0.174. The Hall–Kier alpha value is -3.87. The number of benzene rings is 1. The van der Waals surface area contributed by atoms with Gasteiger partial charge in [0, 0.05) is 30.9 Å².